The maximum Gasteiger partial charge on any atom is 0.340 e. The number of ether oxygens (including phenoxy) is 4. The van der Waals surface area contributed by atoms with Crippen LogP contribution >= 0.6 is 0 Å². The van der Waals surface area contributed by atoms with Crippen molar-refractivity contribution in [3.8, 4) is 17.2 Å². The van der Waals surface area contributed by atoms with Gasteiger partial charge in [0.2, 0.25) is 5.91 Å². The number of benzene rings is 5. The van der Waals surface area contributed by atoms with Crippen LogP contribution in [-0.2, 0) is 15.1 Å². The van der Waals surface area contributed by atoms with E-state index < -0.39 is 31.5 Å². The topological polar surface area (TPSA) is 222 Å². The number of hydrogen-bond donors (Lipinski definition) is 4. The lowest BCUT2D eigenvalue weighted by Gasteiger charge is -2.44. The Labute approximate surface area is 543 Å². The van der Waals surface area contributed by atoms with Crippen LogP contribution in [0, 0.1) is 0 Å². The predicted molar refractivity (Wildman–Crippen MR) is 365 cm³/mol. The summed E-state index contributed by atoms with van der Waals surface area (Å²) in [5.74, 6) is -0.382. The Morgan fingerprint density at radius 2 is 1.10 bits per heavy atom. The lowest BCUT2D eigenvalue weighted by Crippen LogP contribution is -2.63. The second kappa shape index (κ2) is 27.8. The molecule has 0 saturated carbocycles. The highest BCUT2D eigenvalue weighted by atomic mass is 28.3. The number of likely N-dealkylation sites (tertiary alicyclic amines) is 2. The van der Waals surface area contributed by atoms with Crippen molar-refractivity contribution >= 4 is 92.9 Å². The molecule has 20 nitrogen and oxygen atoms in total. The summed E-state index contributed by atoms with van der Waals surface area (Å²) in [6.07, 6.45) is 6.81. The van der Waals surface area contributed by atoms with Crippen molar-refractivity contribution in [2.45, 2.75) is 70.1 Å². The highest BCUT2D eigenvalue weighted by Gasteiger charge is 2.56. The normalized spacial score (nSPS) is 15.3. The third kappa shape index (κ3) is 13.9. The van der Waals surface area contributed by atoms with E-state index in [4.69, 9.17) is 28.9 Å². The molecule has 4 aliphatic heterocycles. The van der Waals surface area contributed by atoms with Crippen molar-refractivity contribution < 1.29 is 42.9 Å². The van der Waals surface area contributed by atoms with Gasteiger partial charge in [0.05, 0.1) is 23.1 Å². The van der Waals surface area contributed by atoms with Gasteiger partial charge in [0.15, 0.2) is 5.60 Å². The average molecular weight is 1270 g/mol. The maximum absolute atomic E-state index is 14.3. The van der Waals surface area contributed by atoms with E-state index in [1.807, 2.05) is 82.8 Å². The lowest BCUT2D eigenvalue weighted by atomic mass is 9.78. The van der Waals surface area contributed by atoms with Gasteiger partial charge >= 0.3 is 5.97 Å². The molecule has 93 heavy (non-hydrogen) atoms. The highest BCUT2D eigenvalue weighted by Crippen LogP contribution is 2.50. The minimum atomic E-state index is -2.36. The third-order valence-corrected chi connectivity index (χ3v) is 21.7. The zero-order valence-corrected chi connectivity index (χ0v) is 54.9. The smallest absolute Gasteiger partial charge is 0.340 e. The number of amides is 4. The van der Waals surface area contributed by atoms with Crippen LogP contribution in [0.1, 0.15) is 110 Å². The van der Waals surface area contributed by atoms with Crippen LogP contribution in [0.4, 0.5) is 23.0 Å². The van der Waals surface area contributed by atoms with E-state index in [1.165, 1.54) is 48.2 Å². The number of aromatic nitrogens is 3. The molecular formula is C72H81N11O9Si. The number of esters is 1. The molecule has 2 fully saturated rings. The van der Waals surface area contributed by atoms with E-state index in [-0.39, 0.29) is 60.2 Å². The first kappa shape index (κ1) is 63.7. The molecule has 3 aromatic heterocycles. The molecule has 8 aromatic rings. The maximum atomic E-state index is 14.3. The zero-order chi connectivity index (χ0) is 64.8. The number of nitrogens with zero attached hydrogens (tertiary/aromatic N) is 7. The number of unbranched alkanes of at least 4 members (excludes halogenated alkanes) is 2. The van der Waals surface area contributed by atoms with Crippen molar-refractivity contribution in [3.05, 3.63) is 167 Å². The van der Waals surface area contributed by atoms with Crippen LogP contribution in [0.3, 0.4) is 0 Å². The van der Waals surface area contributed by atoms with Crippen LogP contribution in [0.5, 0.6) is 17.2 Å². The summed E-state index contributed by atoms with van der Waals surface area (Å²) in [7, 11) is 5.72. The van der Waals surface area contributed by atoms with E-state index in [0.717, 1.165) is 72.5 Å². The summed E-state index contributed by atoms with van der Waals surface area (Å²) in [4.78, 5) is 92.4. The first-order chi connectivity index (χ1) is 45.0. The molecule has 482 valence electrons. The monoisotopic (exact) mass is 1270 g/mol. The fourth-order valence-electron chi connectivity index (χ4n) is 13.1. The van der Waals surface area contributed by atoms with Crippen molar-refractivity contribution in [2.24, 2.45) is 0 Å². The van der Waals surface area contributed by atoms with Gasteiger partial charge in [-0.05, 0) is 142 Å². The number of para-hydroxylation sites is 2. The first-order valence-electron chi connectivity index (χ1n) is 32.4. The SMILES string of the molecule is CN(C)c1ccc2c(c1)[Si](C)(C)c1cc(N(C)C)ccc1C21OC(=O)c2ccc(C(=O)NCCCCCC(=O)NCCOc3cc(C(=O)Nc4cc(OCCN5CCCC5)c5ccccc5n4)nc(C(=O)Nc4cc(OCCN5CCCC5)c5ccccc5n4)c3)cc21. The Morgan fingerprint density at radius 3 is 1.63 bits per heavy atom. The number of rotatable bonds is 25. The van der Waals surface area contributed by atoms with Gasteiger partial charge in [-0.1, -0.05) is 55.9 Å². The molecule has 0 atom stereocenters. The van der Waals surface area contributed by atoms with E-state index in [1.54, 1.807) is 24.3 Å². The number of hydrogen-bond acceptors (Lipinski definition) is 16. The quantitative estimate of drug-likeness (QED) is 0.0238. The molecule has 0 radical (unpaired) electrons. The summed E-state index contributed by atoms with van der Waals surface area (Å²) >= 11 is 0. The van der Waals surface area contributed by atoms with Crippen LogP contribution in [-0.4, -0.2) is 163 Å². The highest BCUT2D eigenvalue weighted by molar-refractivity contribution is 7.01. The number of carbonyl (C=O) groups excluding carboxylic acids is 5. The number of pyridine rings is 3. The molecule has 12 rings (SSSR count). The molecule has 4 amide bonds. The minimum absolute atomic E-state index is 0.0101. The first-order valence-corrected chi connectivity index (χ1v) is 35.4. The predicted octanol–water partition coefficient (Wildman–Crippen LogP) is 8.85. The van der Waals surface area contributed by atoms with E-state index >= 15 is 0 Å². The number of carbonyl (C=O) groups is 5. The van der Waals surface area contributed by atoms with Crippen LogP contribution in [0.2, 0.25) is 13.1 Å². The van der Waals surface area contributed by atoms with E-state index in [0.29, 0.717) is 78.2 Å². The van der Waals surface area contributed by atoms with Crippen molar-refractivity contribution in [1.82, 2.24) is 35.4 Å². The average Bonchev–Trinajstić information content (AvgIpc) is 1.67. The van der Waals surface area contributed by atoms with Crippen LogP contribution in [0.25, 0.3) is 21.8 Å². The molecular weight excluding hydrogens is 1190 g/mol. The van der Waals surface area contributed by atoms with Gasteiger partial charge < -0.3 is 50.0 Å². The Hall–Kier alpha value is -9.44. The summed E-state index contributed by atoms with van der Waals surface area (Å²) < 4.78 is 25.4. The molecule has 0 aliphatic carbocycles. The van der Waals surface area contributed by atoms with Gasteiger partial charge in [-0.2, -0.15) is 0 Å². The Bertz CT molecular complexity index is 3950. The molecule has 1 spiro atoms. The fraction of sp³-hybridized carbons (Fsp3) is 0.361. The summed E-state index contributed by atoms with van der Waals surface area (Å²) in [6.45, 7) is 11.9. The van der Waals surface area contributed by atoms with Gasteiger partial charge in [0, 0.05) is 123 Å². The van der Waals surface area contributed by atoms with E-state index in [9.17, 15) is 24.0 Å². The molecule has 2 saturated heterocycles. The summed E-state index contributed by atoms with van der Waals surface area (Å²) in [5, 5.41) is 15.7. The molecule has 0 bridgehead atoms. The summed E-state index contributed by atoms with van der Waals surface area (Å²) in [5.41, 5.74) is 5.25. The van der Waals surface area contributed by atoms with Gasteiger partial charge in [-0.25, -0.2) is 19.7 Å². The molecule has 0 unspecified atom stereocenters. The standard InChI is InChI=1S/C72H81N11O9Si/c1-80(2)48-24-27-54-63(41-48)93(5,6)64-42-49(81(3)4)25-28-55(64)72(54)56-40-47(23-26-51(56)71(88)92-72)68(85)74-29-13-7-8-22-67(84)73-30-37-89-50-43-59(69(86)78-65-45-61(52-18-9-11-20-57(52)76-65)90-38-35-82-31-14-15-32-82)75-60(44-50)70(87)79-66-46-62(53-19-10-12-21-58(53)77-66)91-39-36-83-33-16-17-34-83/h9-12,18-21,23-28,40-46H,7-8,13-17,22,29-39H2,1-6H3,(H,73,84)(H,74,85)(H,76,78,86)(H,77,79,87). The van der Waals surface area contributed by atoms with Gasteiger partial charge in [-0.3, -0.25) is 29.0 Å². The Morgan fingerprint density at radius 1 is 0.559 bits per heavy atom. The molecule has 4 N–H and O–H groups in total. The van der Waals surface area contributed by atoms with Gasteiger partial charge in [-0.15, -0.1) is 0 Å². The third-order valence-electron chi connectivity index (χ3n) is 18.2. The molecule has 4 aliphatic rings. The van der Waals surface area contributed by atoms with Crippen molar-refractivity contribution in [1.29, 1.82) is 0 Å². The van der Waals surface area contributed by atoms with Gasteiger partial charge in [0.1, 0.15) is 68.2 Å². The second-order valence-electron chi connectivity index (χ2n) is 25.3. The van der Waals surface area contributed by atoms with Crippen LogP contribution in [0.15, 0.2) is 127 Å². The zero-order valence-electron chi connectivity index (χ0n) is 53.9. The lowest BCUT2D eigenvalue weighted by molar-refractivity contribution is -0.121. The molecule has 7 heterocycles. The summed E-state index contributed by atoms with van der Waals surface area (Å²) in [6, 6.07) is 39.4. The fourth-order valence-corrected chi connectivity index (χ4v) is 16.3. The second-order valence-corrected chi connectivity index (χ2v) is 29.6. The van der Waals surface area contributed by atoms with E-state index in [2.05, 4.69) is 95.3 Å². The molecule has 5 aromatic carbocycles. The van der Waals surface area contributed by atoms with Crippen molar-refractivity contribution in [2.75, 3.05) is 121 Å². The van der Waals surface area contributed by atoms with Crippen molar-refractivity contribution in [3.63, 3.8) is 0 Å². The molecule has 21 heteroatoms. The largest absolute Gasteiger partial charge is 0.492 e. The minimum Gasteiger partial charge on any atom is -0.492 e. The number of anilines is 4. The van der Waals surface area contributed by atoms with Gasteiger partial charge in [0.25, 0.3) is 17.7 Å². The van der Waals surface area contributed by atoms with Crippen LogP contribution < -0.4 is 55.7 Å². The number of nitrogens with one attached hydrogen (secondary N) is 4. The Balaban J connectivity index is 0.677. The number of fused-ring (bicyclic) bond motifs is 8. The Kier molecular flexibility index (Phi) is 19.0.